The zero-order chi connectivity index (χ0) is 13.3. The molecule has 1 aromatic carbocycles. The Kier molecular flexibility index (Phi) is 3.55. The number of amides is 1. The molecule has 18 heavy (non-hydrogen) atoms. The molecule has 0 atom stereocenters. The van der Waals surface area contributed by atoms with Gasteiger partial charge < -0.3 is 9.84 Å². The van der Waals surface area contributed by atoms with Crippen molar-refractivity contribution in [1.29, 1.82) is 0 Å². The molecule has 94 valence electrons. The quantitative estimate of drug-likeness (QED) is 0.370. The van der Waals surface area contributed by atoms with Crippen molar-refractivity contribution in [3.8, 4) is 11.5 Å². The molecule has 0 spiro atoms. The summed E-state index contributed by atoms with van der Waals surface area (Å²) in [4.78, 5) is 12.1. The molecule has 5 nitrogen and oxygen atoms in total. The van der Waals surface area contributed by atoms with Crippen molar-refractivity contribution < 1.29 is 14.6 Å². The van der Waals surface area contributed by atoms with E-state index in [1.54, 1.807) is 18.2 Å². The number of thiocarbonyl (C=S) groups is 1. The third kappa shape index (κ3) is 2.33. The summed E-state index contributed by atoms with van der Waals surface area (Å²) in [5.74, 6) is 5.51. The number of phenols is 1. The van der Waals surface area contributed by atoms with Crippen LogP contribution in [0.15, 0.2) is 23.1 Å². The normalized spacial score (nSPS) is 17.7. The van der Waals surface area contributed by atoms with Gasteiger partial charge in [-0.15, -0.1) is 0 Å². The third-order valence-corrected chi connectivity index (χ3v) is 3.66. The second kappa shape index (κ2) is 4.97. The van der Waals surface area contributed by atoms with Crippen molar-refractivity contribution >= 4 is 40.3 Å². The van der Waals surface area contributed by atoms with Gasteiger partial charge in [0.05, 0.1) is 12.0 Å². The smallest absolute Gasteiger partial charge is 0.280 e. The number of carbonyl (C=O) groups excluding carboxylic acids is 1. The first-order valence-corrected chi connectivity index (χ1v) is 6.15. The molecule has 1 aromatic rings. The summed E-state index contributed by atoms with van der Waals surface area (Å²) in [5, 5.41) is 10.4. The molecule has 0 aliphatic carbocycles. The van der Waals surface area contributed by atoms with Crippen molar-refractivity contribution in [3.63, 3.8) is 0 Å². The topological polar surface area (TPSA) is 75.8 Å². The van der Waals surface area contributed by atoms with Gasteiger partial charge in [-0.25, -0.2) is 10.9 Å². The Morgan fingerprint density at radius 2 is 2.28 bits per heavy atom. The summed E-state index contributed by atoms with van der Waals surface area (Å²) in [6.07, 6.45) is 1.65. The summed E-state index contributed by atoms with van der Waals surface area (Å²) < 4.78 is 5.30. The molecule has 1 aliphatic rings. The van der Waals surface area contributed by atoms with Gasteiger partial charge in [0.1, 0.15) is 0 Å². The fourth-order valence-corrected chi connectivity index (χ4v) is 2.52. The molecule has 1 heterocycles. The molecule has 0 saturated carbocycles. The van der Waals surface area contributed by atoms with Gasteiger partial charge >= 0.3 is 0 Å². The van der Waals surface area contributed by atoms with Crippen LogP contribution in [0.5, 0.6) is 11.5 Å². The lowest BCUT2D eigenvalue weighted by molar-refractivity contribution is -0.122. The maximum Gasteiger partial charge on any atom is 0.280 e. The molecule has 0 aromatic heterocycles. The van der Waals surface area contributed by atoms with Crippen LogP contribution in [0.4, 0.5) is 0 Å². The SMILES string of the molecule is COc1cc(C=C2SC(=S)N(N)C2=O)ccc1O. The van der Waals surface area contributed by atoms with Crippen LogP contribution in [-0.2, 0) is 4.79 Å². The number of phenolic OH excluding ortho intramolecular Hbond substituents is 1. The number of nitrogens with two attached hydrogens (primary N) is 1. The fourth-order valence-electron chi connectivity index (χ4n) is 1.42. The maximum atomic E-state index is 11.7. The number of nitrogens with zero attached hydrogens (tertiary/aromatic N) is 1. The number of benzene rings is 1. The van der Waals surface area contributed by atoms with E-state index in [-0.39, 0.29) is 11.7 Å². The average Bonchev–Trinajstić information content (AvgIpc) is 2.59. The monoisotopic (exact) mass is 282 g/mol. The highest BCUT2D eigenvalue weighted by Crippen LogP contribution is 2.32. The number of rotatable bonds is 2. The first-order chi connectivity index (χ1) is 8.52. The minimum absolute atomic E-state index is 0.0426. The van der Waals surface area contributed by atoms with Crippen molar-refractivity contribution in [2.45, 2.75) is 0 Å². The zero-order valence-corrected chi connectivity index (χ0v) is 11.0. The summed E-state index contributed by atoms with van der Waals surface area (Å²) >= 11 is 6.05. The van der Waals surface area contributed by atoms with E-state index in [0.29, 0.717) is 15.0 Å². The van der Waals surface area contributed by atoms with E-state index < -0.39 is 0 Å². The minimum Gasteiger partial charge on any atom is -0.504 e. The van der Waals surface area contributed by atoms with Gasteiger partial charge in [-0.2, -0.15) is 0 Å². The average molecular weight is 282 g/mol. The number of aromatic hydroxyl groups is 1. The van der Waals surface area contributed by atoms with Crippen LogP contribution in [0.3, 0.4) is 0 Å². The predicted molar refractivity (Wildman–Crippen MR) is 73.9 cm³/mol. The van der Waals surface area contributed by atoms with Gasteiger partial charge in [0, 0.05) is 0 Å². The Morgan fingerprint density at radius 3 is 2.83 bits per heavy atom. The predicted octanol–water partition coefficient (Wildman–Crippen LogP) is 1.48. The summed E-state index contributed by atoms with van der Waals surface area (Å²) in [5.41, 5.74) is 0.721. The van der Waals surface area contributed by atoms with E-state index in [2.05, 4.69) is 0 Å². The van der Waals surface area contributed by atoms with E-state index >= 15 is 0 Å². The molecule has 0 bridgehead atoms. The molecule has 2 rings (SSSR count). The standard InChI is InChI=1S/C11H10N2O3S2/c1-16-8-4-6(2-3-7(8)14)5-9-10(15)13(12)11(17)18-9/h2-5,14H,12H2,1H3. The van der Waals surface area contributed by atoms with Crippen molar-refractivity contribution in [2.24, 2.45) is 5.84 Å². The van der Waals surface area contributed by atoms with Crippen LogP contribution in [0.25, 0.3) is 6.08 Å². The molecule has 1 fully saturated rings. The number of thioether (sulfide) groups is 1. The minimum atomic E-state index is -0.336. The van der Waals surface area contributed by atoms with Crippen LogP contribution in [0.2, 0.25) is 0 Å². The Balaban J connectivity index is 2.34. The Bertz CT molecular complexity index is 557. The number of methoxy groups -OCH3 is 1. The number of ether oxygens (including phenoxy) is 1. The van der Waals surface area contributed by atoms with Gasteiger partial charge in [0.15, 0.2) is 15.8 Å². The van der Waals surface area contributed by atoms with Crippen molar-refractivity contribution in [2.75, 3.05) is 7.11 Å². The van der Waals surface area contributed by atoms with Gasteiger partial charge in [-0.3, -0.25) is 4.79 Å². The Hall–Kier alpha value is -1.57. The highest BCUT2D eigenvalue weighted by molar-refractivity contribution is 8.26. The molecule has 1 saturated heterocycles. The first kappa shape index (κ1) is 12.9. The van der Waals surface area contributed by atoms with Crippen molar-refractivity contribution in [3.05, 3.63) is 28.7 Å². The lowest BCUT2D eigenvalue weighted by Gasteiger charge is -2.04. The second-order valence-corrected chi connectivity index (χ2v) is 5.16. The highest BCUT2D eigenvalue weighted by Gasteiger charge is 2.29. The fraction of sp³-hybridized carbons (Fsp3) is 0.0909. The second-order valence-electron chi connectivity index (χ2n) is 3.48. The number of hydrazine groups is 1. The molecule has 1 amide bonds. The third-order valence-electron chi connectivity index (χ3n) is 2.33. The van der Waals surface area contributed by atoms with Crippen LogP contribution in [0.1, 0.15) is 5.56 Å². The van der Waals surface area contributed by atoms with Gasteiger partial charge in [0.25, 0.3) is 5.91 Å². The van der Waals surface area contributed by atoms with Gasteiger partial charge in [-0.1, -0.05) is 30.0 Å². The summed E-state index contributed by atoms with van der Waals surface area (Å²) in [6.45, 7) is 0. The van der Waals surface area contributed by atoms with E-state index in [1.165, 1.54) is 13.2 Å². The summed E-state index contributed by atoms with van der Waals surface area (Å²) in [6, 6.07) is 4.78. The summed E-state index contributed by atoms with van der Waals surface area (Å²) in [7, 11) is 1.46. The largest absolute Gasteiger partial charge is 0.504 e. The van der Waals surface area contributed by atoms with E-state index in [4.69, 9.17) is 22.8 Å². The molecular formula is C11H10N2O3S2. The number of carbonyl (C=O) groups is 1. The first-order valence-electron chi connectivity index (χ1n) is 4.92. The lowest BCUT2D eigenvalue weighted by Crippen LogP contribution is -2.34. The van der Waals surface area contributed by atoms with E-state index in [0.717, 1.165) is 22.3 Å². The van der Waals surface area contributed by atoms with Crippen LogP contribution < -0.4 is 10.6 Å². The van der Waals surface area contributed by atoms with Gasteiger partial charge in [0.2, 0.25) is 0 Å². The molecule has 1 aliphatic heterocycles. The molecule has 3 N–H and O–H groups in total. The molecule has 0 radical (unpaired) electrons. The van der Waals surface area contributed by atoms with Crippen LogP contribution in [0, 0.1) is 0 Å². The van der Waals surface area contributed by atoms with E-state index in [9.17, 15) is 9.90 Å². The molecule has 0 unspecified atom stereocenters. The maximum absolute atomic E-state index is 11.7. The Labute approximate surface area is 113 Å². The zero-order valence-electron chi connectivity index (χ0n) is 9.41. The molecule has 7 heteroatoms. The van der Waals surface area contributed by atoms with Crippen LogP contribution in [-0.4, -0.2) is 27.5 Å². The Morgan fingerprint density at radius 1 is 1.56 bits per heavy atom. The van der Waals surface area contributed by atoms with E-state index in [1.807, 2.05) is 0 Å². The number of hydrogen-bond donors (Lipinski definition) is 2. The molecular weight excluding hydrogens is 272 g/mol. The van der Waals surface area contributed by atoms with Crippen LogP contribution >= 0.6 is 24.0 Å². The highest BCUT2D eigenvalue weighted by atomic mass is 32.2. The van der Waals surface area contributed by atoms with Gasteiger partial charge in [-0.05, 0) is 23.8 Å². The van der Waals surface area contributed by atoms with Crippen molar-refractivity contribution in [1.82, 2.24) is 5.01 Å². The lowest BCUT2D eigenvalue weighted by atomic mass is 10.2. The number of hydrogen-bond acceptors (Lipinski definition) is 6.